The second kappa shape index (κ2) is 22.0. The molecule has 0 aromatic rings. The van der Waals surface area contributed by atoms with Gasteiger partial charge < -0.3 is 9.84 Å². The van der Waals surface area contributed by atoms with Crippen LogP contribution in [0.4, 0.5) is 0 Å². The van der Waals surface area contributed by atoms with E-state index in [1.54, 1.807) is 0 Å². The Hall–Kier alpha value is -0.710. The van der Waals surface area contributed by atoms with Crippen molar-refractivity contribution in [1.29, 1.82) is 0 Å². The number of hydrogen-bond acceptors (Lipinski definition) is 4. The highest BCUT2D eigenvalue weighted by Crippen LogP contribution is 2.20. The summed E-state index contributed by atoms with van der Waals surface area (Å²) >= 11 is 1.45. The zero-order valence-electron chi connectivity index (χ0n) is 19.1. The van der Waals surface area contributed by atoms with Gasteiger partial charge >= 0.3 is 11.9 Å². The van der Waals surface area contributed by atoms with Gasteiger partial charge in [0.2, 0.25) is 0 Å². The molecular weight excluding hydrogens is 384 g/mol. The summed E-state index contributed by atoms with van der Waals surface area (Å²) in [6, 6.07) is 0. The Bertz CT molecular complexity index is 387. The first kappa shape index (κ1) is 28.3. The number of unbranched alkanes of at least 4 members (excludes halogenated alkanes) is 14. The molecule has 0 spiro atoms. The van der Waals surface area contributed by atoms with Crippen molar-refractivity contribution in [2.24, 2.45) is 0 Å². The number of carboxylic acid groups (broad SMARTS) is 1. The van der Waals surface area contributed by atoms with Crippen LogP contribution in [0.15, 0.2) is 0 Å². The van der Waals surface area contributed by atoms with Crippen molar-refractivity contribution in [2.75, 3.05) is 12.4 Å². The van der Waals surface area contributed by atoms with Crippen LogP contribution in [-0.4, -0.2) is 34.7 Å². The first-order valence-corrected chi connectivity index (χ1v) is 13.2. The fourth-order valence-electron chi connectivity index (χ4n) is 3.33. The molecule has 0 rings (SSSR count). The molecule has 0 heterocycles. The number of ether oxygens (including phenoxy) is 1. The maximum atomic E-state index is 12.2. The molecular formula is C24H46O4S. The molecule has 1 unspecified atom stereocenters. The first-order valence-electron chi connectivity index (χ1n) is 12.1. The van der Waals surface area contributed by atoms with Crippen molar-refractivity contribution in [2.45, 2.75) is 128 Å². The van der Waals surface area contributed by atoms with Crippen LogP contribution in [-0.2, 0) is 14.3 Å². The van der Waals surface area contributed by atoms with E-state index in [4.69, 9.17) is 9.84 Å². The Balaban J connectivity index is 3.76. The molecule has 5 heteroatoms. The van der Waals surface area contributed by atoms with Crippen molar-refractivity contribution >= 4 is 23.7 Å². The zero-order valence-corrected chi connectivity index (χ0v) is 19.9. The lowest BCUT2D eigenvalue weighted by molar-refractivity contribution is -0.147. The normalized spacial score (nSPS) is 12.1. The molecule has 0 aliphatic rings. The fraction of sp³-hybridized carbons (Fsp3) is 0.917. The Labute approximate surface area is 183 Å². The minimum Gasteiger partial charge on any atom is -0.481 e. The fourth-order valence-corrected chi connectivity index (χ4v) is 4.45. The zero-order chi connectivity index (χ0) is 21.6. The standard InChI is InChI=1S/C24H46O4S/c1-3-5-7-9-11-12-13-14-16-18-20-29-22(21-23(25)26)24(27)28-19-17-15-10-8-6-4-2/h22H,3-21H2,1-2H3,(H,25,26). The topological polar surface area (TPSA) is 63.6 Å². The molecule has 4 nitrogen and oxygen atoms in total. The van der Waals surface area contributed by atoms with Crippen molar-refractivity contribution in [3.05, 3.63) is 0 Å². The highest BCUT2D eigenvalue weighted by molar-refractivity contribution is 8.00. The van der Waals surface area contributed by atoms with Gasteiger partial charge in [0.15, 0.2) is 0 Å². The van der Waals surface area contributed by atoms with Crippen LogP contribution >= 0.6 is 11.8 Å². The number of esters is 1. The van der Waals surface area contributed by atoms with Crippen LogP contribution in [0.25, 0.3) is 0 Å². The molecule has 0 aliphatic heterocycles. The second-order valence-electron chi connectivity index (χ2n) is 8.07. The number of carbonyl (C=O) groups is 2. The smallest absolute Gasteiger partial charge is 0.319 e. The van der Waals surface area contributed by atoms with E-state index in [0.29, 0.717) is 6.61 Å². The Kier molecular flexibility index (Phi) is 21.4. The van der Waals surface area contributed by atoms with Crippen molar-refractivity contribution in [3.63, 3.8) is 0 Å². The molecule has 172 valence electrons. The number of rotatable bonds is 22. The maximum Gasteiger partial charge on any atom is 0.319 e. The van der Waals surface area contributed by atoms with Crippen LogP contribution in [0.5, 0.6) is 0 Å². The van der Waals surface area contributed by atoms with E-state index in [-0.39, 0.29) is 12.4 Å². The quantitative estimate of drug-likeness (QED) is 0.143. The summed E-state index contributed by atoms with van der Waals surface area (Å²) in [6.07, 6.45) is 19.5. The van der Waals surface area contributed by atoms with Gasteiger partial charge in [0.25, 0.3) is 0 Å². The molecule has 0 amide bonds. The predicted octanol–water partition coefficient (Wildman–Crippen LogP) is 7.39. The van der Waals surface area contributed by atoms with Gasteiger partial charge in [0.05, 0.1) is 13.0 Å². The third-order valence-electron chi connectivity index (χ3n) is 5.18. The molecule has 0 bridgehead atoms. The van der Waals surface area contributed by atoms with Gasteiger partial charge in [-0.25, -0.2) is 0 Å². The van der Waals surface area contributed by atoms with Gasteiger partial charge in [-0.15, -0.1) is 11.8 Å². The Morgan fingerprint density at radius 2 is 1.17 bits per heavy atom. The van der Waals surface area contributed by atoms with Crippen LogP contribution in [0.2, 0.25) is 0 Å². The van der Waals surface area contributed by atoms with E-state index in [2.05, 4.69) is 13.8 Å². The lowest BCUT2D eigenvalue weighted by Crippen LogP contribution is -2.24. The van der Waals surface area contributed by atoms with Gasteiger partial charge in [-0.05, 0) is 18.6 Å². The van der Waals surface area contributed by atoms with Crippen LogP contribution < -0.4 is 0 Å². The first-order chi connectivity index (χ1) is 14.1. The van der Waals surface area contributed by atoms with Crippen LogP contribution in [0.1, 0.15) is 123 Å². The van der Waals surface area contributed by atoms with Crippen molar-refractivity contribution < 1.29 is 19.4 Å². The molecule has 0 aromatic heterocycles. The summed E-state index contributed by atoms with van der Waals surface area (Å²) in [6.45, 7) is 4.85. The second-order valence-corrected chi connectivity index (χ2v) is 9.39. The maximum absolute atomic E-state index is 12.2. The molecule has 0 fully saturated rings. The molecule has 1 atom stereocenters. The largest absolute Gasteiger partial charge is 0.481 e. The lowest BCUT2D eigenvalue weighted by Gasteiger charge is -2.14. The molecule has 0 saturated heterocycles. The number of hydrogen-bond donors (Lipinski definition) is 1. The van der Waals surface area contributed by atoms with Gasteiger partial charge in [0, 0.05) is 0 Å². The lowest BCUT2D eigenvalue weighted by atomic mass is 10.1. The summed E-state index contributed by atoms with van der Waals surface area (Å²) in [5.41, 5.74) is 0. The SMILES string of the molecule is CCCCCCCCCCCCSC(CC(=O)O)C(=O)OCCCCCCCC. The van der Waals surface area contributed by atoms with Gasteiger partial charge in [-0.2, -0.15) is 0 Å². The highest BCUT2D eigenvalue weighted by atomic mass is 32.2. The average Bonchev–Trinajstić information content (AvgIpc) is 2.70. The third-order valence-corrected chi connectivity index (χ3v) is 6.47. The van der Waals surface area contributed by atoms with E-state index in [0.717, 1.165) is 31.4 Å². The van der Waals surface area contributed by atoms with E-state index in [9.17, 15) is 9.59 Å². The minimum atomic E-state index is -0.929. The Morgan fingerprint density at radius 1 is 0.724 bits per heavy atom. The Morgan fingerprint density at radius 3 is 1.66 bits per heavy atom. The molecule has 0 aliphatic carbocycles. The summed E-state index contributed by atoms with van der Waals surface area (Å²) in [5, 5.41) is 8.52. The van der Waals surface area contributed by atoms with Crippen molar-refractivity contribution in [1.82, 2.24) is 0 Å². The molecule has 1 N–H and O–H groups in total. The summed E-state index contributed by atoms with van der Waals surface area (Å²) < 4.78 is 5.34. The van der Waals surface area contributed by atoms with Crippen molar-refractivity contribution in [3.8, 4) is 0 Å². The monoisotopic (exact) mass is 430 g/mol. The van der Waals surface area contributed by atoms with Gasteiger partial charge in [-0.1, -0.05) is 104 Å². The van der Waals surface area contributed by atoms with E-state index >= 15 is 0 Å². The summed E-state index contributed by atoms with van der Waals surface area (Å²) in [4.78, 5) is 23.3. The van der Waals surface area contributed by atoms with E-state index < -0.39 is 11.2 Å². The third kappa shape index (κ3) is 20.3. The molecule has 29 heavy (non-hydrogen) atoms. The highest BCUT2D eigenvalue weighted by Gasteiger charge is 2.23. The average molecular weight is 431 g/mol. The summed E-state index contributed by atoms with van der Waals surface area (Å²) in [5.74, 6) is -0.444. The summed E-state index contributed by atoms with van der Waals surface area (Å²) in [7, 11) is 0. The van der Waals surface area contributed by atoms with Gasteiger partial charge in [0.1, 0.15) is 5.25 Å². The number of aliphatic carboxylic acids is 1. The van der Waals surface area contributed by atoms with Crippen LogP contribution in [0.3, 0.4) is 0 Å². The number of carboxylic acids is 1. The molecule has 0 aromatic carbocycles. The predicted molar refractivity (Wildman–Crippen MR) is 125 cm³/mol. The number of thioether (sulfide) groups is 1. The van der Waals surface area contributed by atoms with Gasteiger partial charge in [-0.3, -0.25) is 9.59 Å². The van der Waals surface area contributed by atoms with E-state index in [1.807, 2.05) is 0 Å². The number of carbonyl (C=O) groups excluding carboxylic acids is 1. The minimum absolute atomic E-state index is 0.141. The molecule has 0 saturated carbocycles. The van der Waals surface area contributed by atoms with Crippen LogP contribution in [0, 0.1) is 0 Å². The molecule has 0 radical (unpaired) electrons. The van der Waals surface area contributed by atoms with E-state index in [1.165, 1.54) is 88.8 Å².